The Morgan fingerprint density at radius 2 is 1.43 bits per heavy atom. The van der Waals surface area contributed by atoms with Gasteiger partial charge in [-0.2, -0.15) is 0 Å². The maximum absolute atomic E-state index is 11.8. The Labute approximate surface area is 166 Å². The molecule has 0 saturated heterocycles. The molecule has 3 aromatic carbocycles. The summed E-state index contributed by atoms with van der Waals surface area (Å²) in [5.41, 5.74) is 3.29. The molecule has 0 bridgehead atoms. The molecule has 0 aliphatic carbocycles. The van der Waals surface area contributed by atoms with Gasteiger partial charge < -0.3 is 14.9 Å². The van der Waals surface area contributed by atoms with Crippen LogP contribution in [0.5, 0.6) is 11.5 Å². The van der Waals surface area contributed by atoms with Crippen molar-refractivity contribution in [1.82, 2.24) is 0 Å². The third-order valence-corrected chi connectivity index (χ3v) is 4.26. The van der Waals surface area contributed by atoms with E-state index in [2.05, 4.69) is 13.8 Å². The highest BCUT2D eigenvalue weighted by Gasteiger charge is 2.11. The van der Waals surface area contributed by atoms with E-state index >= 15 is 0 Å². The number of aromatic hydroxyl groups is 2. The molecule has 4 heteroatoms. The molecule has 4 nitrogen and oxygen atoms in total. The second-order valence-electron chi connectivity index (χ2n) is 6.78. The van der Waals surface area contributed by atoms with E-state index in [-0.39, 0.29) is 17.9 Å². The number of aryl methyl sites for hydroxylation is 1. The van der Waals surface area contributed by atoms with Crippen LogP contribution in [0.4, 0.5) is 0 Å². The third-order valence-electron chi connectivity index (χ3n) is 4.26. The standard InChI is InChI=1S/C17H18O3.C7H8O/c1-12(2)14-9-7-13(8-10-14)11-20-17(19)15-5-3-4-6-16(15)18;1-6-4-2-3-5-7(6)8/h3-10,12,18H,11H2,1-2H3;2-5,8H,1H3. The van der Waals surface area contributed by atoms with E-state index in [1.54, 1.807) is 24.3 Å². The Balaban J connectivity index is 0.000000292. The van der Waals surface area contributed by atoms with Gasteiger partial charge in [-0.3, -0.25) is 0 Å². The van der Waals surface area contributed by atoms with Crippen molar-refractivity contribution >= 4 is 5.97 Å². The molecule has 0 atom stereocenters. The van der Waals surface area contributed by atoms with Gasteiger partial charge in [0.2, 0.25) is 0 Å². The fourth-order valence-corrected chi connectivity index (χ4v) is 2.44. The normalized spacial score (nSPS) is 10.1. The van der Waals surface area contributed by atoms with Crippen LogP contribution in [0.25, 0.3) is 0 Å². The van der Waals surface area contributed by atoms with Crippen molar-refractivity contribution in [2.24, 2.45) is 0 Å². The maximum Gasteiger partial charge on any atom is 0.342 e. The minimum atomic E-state index is -0.518. The van der Waals surface area contributed by atoms with E-state index in [0.717, 1.165) is 11.1 Å². The van der Waals surface area contributed by atoms with Crippen molar-refractivity contribution in [2.45, 2.75) is 33.3 Å². The van der Waals surface area contributed by atoms with Crippen LogP contribution in [0, 0.1) is 6.92 Å². The number of benzene rings is 3. The second-order valence-corrected chi connectivity index (χ2v) is 6.78. The first-order chi connectivity index (χ1) is 13.4. The highest BCUT2D eigenvalue weighted by atomic mass is 16.5. The maximum atomic E-state index is 11.8. The van der Waals surface area contributed by atoms with Gasteiger partial charge >= 0.3 is 5.97 Å². The highest BCUT2D eigenvalue weighted by Crippen LogP contribution is 2.18. The molecule has 0 radical (unpaired) electrons. The first-order valence-corrected chi connectivity index (χ1v) is 9.17. The lowest BCUT2D eigenvalue weighted by molar-refractivity contribution is 0.0469. The smallest absolute Gasteiger partial charge is 0.342 e. The second kappa shape index (κ2) is 10.2. The lowest BCUT2D eigenvalue weighted by atomic mass is 10.0. The number of carbonyl (C=O) groups excluding carboxylic acids is 1. The summed E-state index contributed by atoms with van der Waals surface area (Å²) < 4.78 is 5.20. The first-order valence-electron chi connectivity index (χ1n) is 9.17. The van der Waals surface area contributed by atoms with Crippen LogP contribution in [0.2, 0.25) is 0 Å². The lowest BCUT2D eigenvalue weighted by Gasteiger charge is -2.08. The number of ether oxygens (including phenoxy) is 1. The zero-order valence-electron chi connectivity index (χ0n) is 16.4. The average Bonchev–Trinajstić information content (AvgIpc) is 2.69. The average molecular weight is 378 g/mol. The summed E-state index contributed by atoms with van der Waals surface area (Å²) in [6, 6.07) is 21.6. The number of esters is 1. The molecule has 0 aliphatic rings. The van der Waals surface area contributed by atoms with E-state index in [4.69, 9.17) is 9.84 Å². The largest absolute Gasteiger partial charge is 0.508 e. The molecule has 0 aromatic heterocycles. The van der Waals surface area contributed by atoms with Crippen LogP contribution < -0.4 is 0 Å². The predicted octanol–water partition coefficient (Wildman–Crippen LogP) is 5.57. The Hall–Kier alpha value is -3.27. The molecule has 28 heavy (non-hydrogen) atoms. The van der Waals surface area contributed by atoms with Gasteiger partial charge in [0.25, 0.3) is 0 Å². The van der Waals surface area contributed by atoms with Crippen LogP contribution in [0.3, 0.4) is 0 Å². The molecule has 0 saturated carbocycles. The van der Waals surface area contributed by atoms with Gasteiger partial charge in [-0.15, -0.1) is 0 Å². The molecule has 3 rings (SSSR count). The fourth-order valence-electron chi connectivity index (χ4n) is 2.44. The van der Waals surface area contributed by atoms with Crippen LogP contribution in [0.15, 0.2) is 72.8 Å². The summed E-state index contributed by atoms with van der Waals surface area (Å²) in [6.45, 7) is 6.33. The summed E-state index contributed by atoms with van der Waals surface area (Å²) >= 11 is 0. The van der Waals surface area contributed by atoms with E-state index in [0.29, 0.717) is 11.7 Å². The number of hydrogen-bond acceptors (Lipinski definition) is 4. The van der Waals surface area contributed by atoms with Gasteiger partial charge in [0.1, 0.15) is 23.7 Å². The van der Waals surface area contributed by atoms with Crippen molar-refractivity contribution in [3.63, 3.8) is 0 Å². The minimum Gasteiger partial charge on any atom is -0.508 e. The minimum absolute atomic E-state index is 0.0624. The van der Waals surface area contributed by atoms with Gasteiger partial charge in [-0.1, -0.05) is 68.4 Å². The quantitative estimate of drug-likeness (QED) is 0.582. The molecule has 0 spiro atoms. The number of carbonyl (C=O) groups is 1. The van der Waals surface area contributed by atoms with Gasteiger partial charge in [0.05, 0.1) is 0 Å². The van der Waals surface area contributed by atoms with Gasteiger partial charge in [-0.05, 0) is 47.7 Å². The van der Waals surface area contributed by atoms with Crippen LogP contribution >= 0.6 is 0 Å². The van der Waals surface area contributed by atoms with Gasteiger partial charge in [0.15, 0.2) is 0 Å². The molecule has 0 aliphatic heterocycles. The Kier molecular flexibility index (Phi) is 7.64. The molecule has 3 aromatic rings. The third kappa shape index (κ3) is 6.16. The molecule has 146 valence electrons. The number of phenols is 2. The van der Waals surface area contributed by atoms with E-state index in [1.165, 1.54) is 11.6 Å². The number of para-hydroxylation sites is 2. The molecular formula is C24H26O4. The number of rotatable bonds is 4. The summed E-state index contributed by atoms with van der Waals surface area (Å²) in [5, 5.41) is 18.5. The van der Waals surface area contributed by atoms with Crippen LogP contribution in [0.1, 0.15) is 46.8 Å². The fraction of sp³-hybridized carbons (Fsp3) is 0.208. The number of phenolic OH excluding ortho intramolecular Hbond substituents is 2. The topological polar surface area (TPSA) is 66.8 Å². The Bertz CT molecular complexity index is 877. The van der Waals surface area contributed by atoms with Crippen molar-refractivity contribution in [3.8, 4) is 11.5 Å². The molecule has 0 amide bonds. The summed E-state index contributed by atoms with van der Waals surface area (Å²) in [7, 11) is 0. The van der Waals surface area contributed by atoms with Crippen molar-refractivity contribution < 1.29 is 19.7 Å². The highest BCUT2D eigenvalue weighted by molar-refractivity contribution is 5.92. The van der Waals surface area contributed by atoms with Crippen molar-refractivity contribution in [3.05, 3.63) is 95.1 Å². The lowest BCUT2D eigenvalue weighted by Crippen LogP contribution is -2.05. The zero-order chi connectivity index (χ0) is 20.5. The molecule has 0 heterocycles. The van der Waals surface area contributed by atoms with Crippen molar-refractivity contribution in [1.29, 1.82) is 0 Å². The summed E-state index contributed by atoms with van der Waals surface area (Å²) in [6.07, 6.45) is 0. The monoisotopic (exact) mass is 378 g/mol. The van der Waals surface area contributed by atoms with E-state index < -0.39 is 5.97 Å². The predicted molar refractivity (Wildman–Crippen MR) is 111 cm³/mol. The molecular weight excluding hydrogens is 352 g/mol. The SMILES string of the molecule is CC(C)c1ccc(COC(=O)c2ccccc2O)cc1.Cc1ccccc1O. The van der Waals surface area contributed by atoms with E-state index in [1.807, 2.05) is 49.4 Å². The summed E-state index contributed by atoms with van der Waals surface area (Å²) in [4.78, 5) is 11.8. The number of hydrogen-bond donors (Lipinski definition) is 2. The Morgan fingerprint density at radius 1 is 0.857 bits per heavy atom. The molecule has 2 N–H and O–H groups in total. The molecule has 0 unspecified atom stereocenters. The zero-order valence-corrected chi connectivity index (χ0v) is 16.4. The van der Waals surface area contributed by atoms with Crippen molar-refractivity contribution in [2.75, 3.05) is 0 Å². The Morgan fingerprint density at radius 3 is 1.93 bits per heavy atom. The van der Waals surface area contributed by atoms with Crippen LogP contribution in [-0.2, 0) is 11.3 Å². The van der Waals surface area contributed by atoms with Gasteiger partial charge in [0, 0.05) is 0 Å². The first kappa shape index (κ1) is 21.0. The van der Waals surface area contributed by atoms with Crippen LogP contribution in [-0.4, -0.2) is 16.2 Å². The molecule has 0 fully saturated rings. The van der Waals surface area contributed by atoms with Gasteiger partial charge in [-0.25, -0.2) is 4.79 Å². The summed E-state index contributed by atoms with van der Waals surface area (Å²) in [5.74, 6) is 0.268. The van der Waals surface area contributed by atoms with E-state index in [9.17, 15) is 9.90 Å².